The van der Waals surface area contributed by atoms with Crippen LogP contribution in [0.1, 0.15) is 24.2 Å². The fraction of sp³-hybridized carbons (Fsp3) is 0.130. The van der Waals surface area contributed by atoms with Gasteiger partial charge in [0.15, 0.2) is 15.0 Å². The number of anilines is 1. The number of hydrogen-bond acceptors (Lipinski definition) is 5. The number of aromatic nitrogens is 1. The summed E-state index contributed by atoms with van der Waals surface area (Å²) in [4.78, 5) is 17.4. The predicted molar refractivity (Wildman–Crippen MR) is 122 cm³/mol. The van der Waals surface area contributed by atoms with E-state index in [9.17, 15) is 13.2 Å². The molecule has 0 radical (unpaired) electrons. The van der Waals surface area contributed by atoms with Crippen LogP contribution in [0.2, 0.25) is 0 Å². The number of rotatable bonds is 5. The number of hydrogen-bond donors (Lipinski definition) is 1. The van der Waals surface area contributed by atoms with E-state index >= 15 is 0 Å². The van der Waals surface area contributed by atoms with E-state index in [1.807, 2.05) is 47.8 Å². The quantitative estimate of drug-likeness (QED) is 0.455. The van der Waals surface area contributed by atoms with Gasteiger partial charge in [0.2, 0.25) is 0 Å². The van der Waals surface area contributed by atoms with Gasteiger partial charge < -0.3 is 0 Å². The first-order valence-corrected chi connectivity index (χ1v) is 11.9. The summed E-state index contributed by atoms with van der Waals surface area (Å²) in [5, 5.41) is 6.79. The molecule has 0 saturated carbocycles. The first-order chi connectivity index (χ1) is 14.4. The highest BCUT2D eigenvalue weighted by molar-refractivity contribution is 7.92. The average molecular weight is 437 g/mol. The van der Waals surface area contributed by atoms with Crippen LogP contribution in [0.25, 0.3) is 22.0 Å². The lowest BCUT2D eigenvalue weighted by atomic mass is 10.0. The van der Waals surface area contributed by atoms with Crippen molar-refractivity contribution in [1.29, 1.82) is 0 Å². The Bertz CT molecular complexity index is 1340. The molecule has 0 aliphatic heterocycles. The molecule has 0 unspecified atom stereocenters. The van der Waals surface area contributed by atoms with E-state index in [1.165, 1.54) is 23.5 Å². The molecule has 3 aromatic carbocycles. The van der Waals surface area contributed by atoms with Crippen LogP contribution in [-0.4, -0.2) is 24.6 Å². The van der Waals surface area contributed by atoms with Gasteiger partial charge in [0.1, 0.15) is 0 Å². The molecule has 1 amide bonds. The molecule has 0 bridgehead atoms. The van der Waals surface area contributed by atoms with Crippen molar-refractivity contribution >= 4 is 43.0 Å². The Morgan fingerprint density at radius 3 is 2.53 bits per heavy atom. The number of nitrogens with zero attached hydrogens (tertiary/aromatic N) is 1. The summed E-state index contributed by atoms with van der Waals surface area (Å²) < 4.78 is 24.8. The highest BCUT2D eigenvalue weighted by atomic mass is 32.2. The van der Waals surface area contributed by atoms with E-state index in [1.54, 1.807) is 26.0 Å². The van der Waals surface area contributed by atoms with E-state index in [2.05, 4.69) is 10.3 Å². The van der Waals surface area contributed by atoms with Crippen molar-refractivity contribution in [2.24, 2.45) is 0 Å². The zero-order valence-corrected chi connectivity index (χ0v) is 18.1. The minimum atomic E-state index is -3.45. The van der Waals surface area contributed by atoms with Gasteiger partial charge in [0, 0.05) is 16.5 Å². The van der Waals surface area contributed by atoms with Crippen molar-refractivity contribution < 1.29 is 13.2 Å². The molecule has 1 aromatic heterocycles. The largest absolute Gasteiger partial charge is 0.298 e. The smallest absolute Gasteiger partial charge is 0.257 e. The summed E-state index contributed by atoms with van der Waals surface area (Å²) in [5.74, 6) is -0.394. The molecule has 1 heterocycles. The van der Waals surface area contributed by atoms with Gasteiger partial charge in [0.25, 0.3) is 5.91 Å². The third-order valence-corrected chi connectivity index (χ3v) is 7.75. The van der Waals surface area contributed by atoms with E-state index in [-0.39, 0.29) is 10.5 Å². The van der Waals surface area contributed by atoms with E-state index in [0.717, 1.165) is 22.0 Å². The summed E-state index contributed by atoms with van der Waals surface area (Å²) in [6, 6.07) is 20.2. The second-order valence-electron chi connectivity index (χ2n) is 7.14. The van der Waals surface area contributed by atoms with Crippen molar-refractivity contribution in [1.82, 2.24) is 4.98 Å². The van der Waals surface area contributed by atoms with Crippen LogP contribution in [-0.2, 0) is 9.84 Å². The molecule has 1 N–H and O–H groups in total. The van der Waals surface area contributed by atoms with Gasteiger partial charge in [-0.05, 0) is 42.8 Å². The summed E-state index contributed by atoms with van der Waals surface area (Å²) in [5.41, 5.74) is 2.05. The predicted octanol–water partition coefficient (Wildman–Crippen LogP) is 5.40. The van der Waals surface area contributed by atoms with Crippen molar-refractivity contribution in [3.05, 3.63) is 77.7 Å². The Morgan fingerprint density at radius 1 is 1.00 bits per heavy atom. The number of nitrogens with one attached hydrogen (secondary N) is 1. The molecule has 0 saturated heterocycles. The molecular weight excluding hydrogens is 416 g/mol. The number of benzene rings is 3. The number of carbonyl (C=O) groups excluding carboxylic acids is 1. The number of fused-ring (bicyclic) bond motifs is 1. The van der Waals surface area contributed by atoms with Crippen LogP contribution in [0, 0.1) is 0 Å². The van der Waals surface area contributed by atoms with Gasteiger partial charge in [-0.3, -0.25) is 10.1 Å². The van der Waals surface area contributed by atoms with Gasteiger partial charge in [-0.1, -0.05) is 48.5 Å². The zero-order chi connectivity index (χ0) is 21.3. The second kappa shape index (κ2) is 8.01. The van der Waals surface area contributed by atoms with Gasteiger partial charge in [-0.25, -0.2) is 13.4 Å². The monoisotopic (exact) mass is 436 g/mol. The van der Waals surface area contributed by atoms with Gasteiger partial charge >= 0.3 is 0 Å². The third-order valence-electron chi connectivity index (χ3n) is 4.84. The summed E-state index contributed by atoms with van der Waals surface area (Å²) in [7, 11) is -3.45. The molecule has 0 atom stereocenters. The maximum Gasteiger partial charge on any atom is 0.257 e. The highest BCUT2D eigenvalue weighted by Crippen LogP contribution is 2.31. The Hall–Kier alpha value is -3.03. The lowest BCUT2D eigenvalue weighted by molar-refractivity contribution is 0.102. The minimum absolute atomic E-state index is 0.140. The highest BCUT2D eigenvalue weighted by Gasteiger charge is 2.20. The molecule has 5 nitrogen and oxygen atoms in total. The molecule has 0 aliphatic carbocycles. The average Bonchev–Trinajstić information content (AvgIpc) is 3.21. The zero-order valence-electron chi connectivity index (χ0n) is 16.5. The van der Waals surface area contributed by atoms with E-state index in [4.69, 9.17) is 0 Å². The normalized spacial score (nSPS) is 11.7. The maximum absolute atomic E-state index is 12.7. The molecular formula is C23H20N2O3S2. The standard InChI is InChI=1S/C23H20N2O3S2/c1-15(2)30(27,28)18-10-5-9-17(13-18)22(26)25-23-24-21(14-29-23)20-12-6-8-16-7-3-4-11-19(16)20/h3-15H,1-2H3,(H,24,25,26). The van der Waals surface area contributed by atoms with Crippen LogP contribution in [0.15, 0.2) is 77.0 Å². The van der Waals surface area contributed by atoms with Gasteiger partial charge in [-0.15, -0.1) is 11.3 Å². The molecule has 0 fully saturated rings. The van der Waals surface area contributed by atoms with Crippen molar-refractivity contribution in [3.63, 3.8) is 0 Å². The first-order valence-electron chi connectivity index (χ1n) is 9.45. The number of thiazole rings is 1. The van der Waals surface area contributed by atoms with Gasteiger partial charge in [0.05, 0.1) is 15.8 Å². The van der Waals surface area contributed by atoms with Crippen LogP contribution in [0.4, 0.5) is 5.13 Å². The SMILES string of the molecule is CC(C)S(=O)(=O)c1cccc(C(=O)Nc2nc(-c3cccc4ccccc34)cs2)c1. The summed E-state index contributed by atoms with van der Waals surface area (Å²) >= 11 is 1.33. The summed E-state index contributed by atoms with van der Waals surface area (Å²) in [6.45, 7) is 3.24. The van der Waals surface area contributed by atoms with Crippen molar-refractivity contribution in [3.8, 4) is 11.3 Å². The maximum atomic E-state index is 12.7. The third kappa shape index (κ3) is 3.86. The molecule has 0 spiro atoms. The molecule has 30 heavy (non-hydrogen) atoms. The fourth-order valence-electron chi connectivity index (χ4n) is 3.16. The van der Waals surface area contributed by atoms with Crippen molar-refractivity contribution in [2.75, 3.05) is 5.32 Å². The molecule has 7 heteroatoms. The van der Waals surface area contributed by atoms with E-state index in [0.29, 0.717) is 5.13 Å². The fourth-order valence-corrected chi connectivity index (χ4v) is 4.97. The Kier molecular flexibility index (Phi) is 5.40. The number of amides is 1. The first kappa shape index (κ1) is 20.3. The Morgan fingerprint density at radius 2 is 1.73 bits per heavy atom. The number of sulfone groups is 1. The minimum Gasteiger partial charge on any atom is -0.298 e. The lowest BCUT2D eigenvalue weighted by Gasteiger charge is -2.09. The molecule has 152 valence electrons. The second-order valence-corrected chi connectivity index (χ2v) is 10.5. The lowest BCUT2D eigenvalue weighted by Crippen LogP contribution is -2.16. The van der Waals surface area contributed by atoms with Crippen LogP contribution < -0.4 is 5.32 Å². The van der Waals surface area contributed by atoms with E-state index < -0.39 is 21.0 Å². The molecule has 4 aromatic rings. The van der Waals surface area contributed by atoms with Crippen LogP contribution >= 0.6 is 11.3 Å². The van der Waals surface area contributed by atoms with Crippen LogP contribution in [0.5, 0.6) is 0 Å². The molecule has 4 rings (SSSR count). The Labute approximate surface area is 179 Å². The Balaban J connectivity index is 1.60. The topological polar surface area (TPSA) is 76.1 Å². The molecule has 0 aliphatic rings. The number of carbonyl (C=O) groups is 1. The summed E-state index contributed by atoms with van der Waals surface area (Å²) in [6.07, 6.45) is 0. The van der Waals surface area contributed by atoms with Crippen LogP contribution in [0.3, 0.4) is 0 Å². The van der Waals surface area contributed by atoms with Crippen molar-refractivity contribution in [2.45, 2.75) is 24.0 Å². The van der Waals surface area contributed by atoms with Gasteiger partial charge in [-0.2, -0.15) is 0 Å².